The fraction of sp³-hybridized carbons (Fsp3) is 0.323. The second kappa shape index (κ2) is 13.4. The van der Waals surface area contributed by atoms with Crippen LogP contribution in [0.3, 0.4) is 0 Å². The van der Waals surface area contributed by atoms with Crippen molar-refractivity contribution in [3.05, 3.63) is 92.9 Å². The van der Waals surface area contributed by atoms with Crippen molar-refractivity contribution in [1.82, 2.24) is 10.3 Å². The molecule has 0 saturated heterocycles. The van der Waals surface area contributed by atoms with Gasteiger partial charge in [-0.2, -0.15) is 0 Å². The van der Waals surface area contributed by atoms with Crippen molar-refractivity contribution in [3.8, 4) is 11.5 Å². The molecule has 1 atom stereocenters. The highest BCUT2D eigenvalue weighted by molar-refractivity contribution is 9.10. The van der Waals surface area contributed by atoms with Crippen molar-refractivity contribution in [3.63, 3.8) is 0 Å². The molecule has 0 aromatic heterocycles. The van der Waals surface area contributed by atoms with Gasteiger partial charge in [0.15, 0.2) is 22.8 Å². The number of unbranched alkanes of at least 4 members (excludes halogenated alkanes) is 4. The van der Waals surface area contributed by atoms with Crippen LogP contribution < -0.4 is 25.4 Å². The predicted octanol–water partition coefficient (Wildman–Crippen LogP) is 5.88. The quantitative estimate of drug-likeness (QED) is 0.271. The largest absolute Gasteiger partial charge is 0.493 e. The van der Waals surface area contributed by atoms with Gasteiger partial charge in [-0.15, -0.1) is 5.10 Å². The van der Waals surface area contributed by atoms with Gasteiger partial charge in [-0.25, -0.2) is 5.01 Å². The molecule has 1 N–H and O–H groups in total. The number of hydrogen-bond acceptors (Lipinski definition) is 7. The number of carbonyl (C=O) groups excluding carboxylic acids is 1. The average molecular weight is 622 g/mol. The minimum Gasteiger partial charge on any atom is -0.493 e. The molecule has 0 fully saturated rings. The van der Waals surface area contributed by atoms with Crippen LogP contribution in [0.15, 0.2) is 81.3 Å². The van der Waals surface area contributed by atoms with Crippen molar-refractivity contribution in [1.29, 1.82) is 0 Å². The zero-order chi connectivity index (χ0) is 27.9. The highest BCUT2D eigenvalue weighted by atomic mass is 79.9. The number of para-hydroxylation sites is 1. The van der Waals surface area contributed by atoms with Crippen LogP contribution in [0.2, 0.25) is 0 Å². The Kier molecular flexibility index (Phi) is 9.44. The Balaban J connectivity index is 1.46. The molecule has 3 aromatic carbocycles. The number of carbonyl (C=O) groups is 1. The molecule has 40 heavy (non-hydrogen) atoms. The second-order valence-corrected chi connectivity index (χ2v) is 11.6. The third kappa shape index (κ3) is 6.36. The van der Waals surface area contributed by atoms with Gasteiger partial charge in [0.05, 0.1) is 16.9 Å². The van der Waals surface area contributed by atoms with E-state index in [0.29, 0.717) is 29.0 Å². The molecular weight excluding hydrogens is 588 g/mol. The lowest BCUT2D eigenvalue weighted by Gasteiger charge is -2.34. The van der Waals surface area contributed by atoms with Crippen LogP contribution in [0.25, 0.3) is 5.70 Å². The van der Waals surface area contributed by atoms with Crippen molar-refractivity contribution in [2.24, 2.45) is 10.1 Å². The first-order valence-electron chi connectivity index (χ1n) is 13.6. The first-order chi connectivity index (χ1) is 19.6. The van der Waals surface area contributed by atoms with Crippen LogP contribution in [0.1, 0.15) is 56.3 Å². The van der Waals surface area contributed by atoms with Gasteiger partial charge in [0.2, 0.25) is 0 Å². The lowest BCUT2D eigenvalue weighted by atomic mass is 10.1. The molecule has 0 aliphatic carbocycles. The van der Waals surface area contributed by atoms with Gasteiger partial charge in [0, 0.05) is 16.5 Å². The Morgan fingerprint density at radius 3 is 2.60 bits per heavy atom. The Morgan fingerprint density at radius 1 is 1.02 bits per heavy atom. The SMILES string of the molecule is CCCCCCCSC1=NN2C(=c3ccccc3=N[C@@H]2c2cc(Br)c(OCc3ccccc3)c(OC)c2)C(=O)N1. The number of amides is 1. The molecule has 2 aliphatic heterocycles. The lowest BCUT2D eigenvalue weighted by molar-refractivity contribution is -0.116. The molecule has 3 aromatic rings. The van der Waals surface area contributed by atoms with Crippen LogP contribution >= 0.6 is 27.7 Å². The summed E-state index contributed by atoms with van der Waals surface area (Å²) < 4.78 is 12.6. The lowest BCUT2D eigenvalue weighted by Crippen LogP contribution is -2.50. The minimum atomic E-state index is -0.551. The summed E-state index contributed by atoms with van der Waals surface area (Å²) in [6, 6.07) is 21.5. The maximum atomic E-state index is 13.4. The summed E-state index contributed by atoms with van der Waals surface area (Å²) >= 11 is 5.27. The van der Waals surface area contributed by atoms with Gasteiger partial charge in [-0.1, -0.05) is 92.9 Å². The summed E-state index contributed by atoms with van der Waals surface area (Å²) in [5.74, 6) is 1.90. The van der Waals surface area contributed by atoms with E-state index in [1.165, 1.54) is 25.7 Å². The first kappa shape index (κ1) is 28.2. The maximum absolute atomic E-state index is 13.4. The maximum Gasteiger partial charge on any atom is 0.276 e. The monoisotopic (exact) mass is 620 g/mol. The molecular formula is C31H33BrN4O3S. The van der Waals surface area contributed by atoms with Gasteiger partial charge < -0.3 is 9.47 Å². The number of hydrogen-bond donors (Lipinski definition) is 1. The van der Waals surface area contributed by atoms with E-state index in [-0.39, 0.29) is 5.91 Å². The molecule has 0 unspecified atom stereocenters. The molecule has 0 saturated carbocycles. The summed E-state index contributed by atoms with van der Waals surface area (Å²) in [6.45, 7) is 2.62. The van der Waals surface area contributed by atoms with E-state index >= 15 is 0 Å². The predicted molar refractivity (Wildman–Crippen MR) is 163 cm³/mol. The number of ether oxygens (including phenoxy) is 2. The van der Waals surface area contributed by atoms with Gasteiger partial charge in [-0.3, -0.25) is 15.1 Å². The topological polar surface area (TPSA) is 75.5 Å². The summed E-state index contributed by atoms with van der Waals surface area (Å²) in [4.78, 5) is 18.5. The van der Waals surface area contributed by atoms with Gasteiger partial charge >= 0.3 is 0 Å². The number of amidine groups is 1. The number of rotatable bonds is 11. The highest BCUT2D eigenvalue weighted by Gasteiger charge is 2.35. The minimum absolute atomic E-state index is 0.176. The van der Waals surface area contributed by atoms with Crippen LogP contribution in [-0.4, -0.2) is 28.9 Å². The van der Waals surface area contributed by atoms with Crippen molar-refractivity contribution in [2.75, 3.05) is 12.9 Å². The van der Waals surface area contributed by atoms with E-state index in [9.17, 15) is 4.79 Å². The smallest absolute Gasteiger partial charge is 0.276 e. The molecule has 9 heteroatoms. The summed E-state index contributed by atoms with van der Waals surface area (Å²) in [6.07, 6.45) is 5.43. The highest BCUT2D eigenvalue weighted by Crippen LogP contribution is 2.41. The van der Waals surface area contributed by atoms with E-state index in [1.54, 1.807) is 23.9 Å². The molecule has 2 aliphatic rings. The summed E-state index contributed by atoms with van der Waals surface area (Å²) in [5, 5.41) is 11.7. The number of methoxy groups -OCH3 is 1. The molecule has 5 rings (SSSR count). The van der Waals surface area contributed by atoms with E-state index in [2.05, 4.69) is 28.2 Å². The molecule has 0 bridgehead atoms. The van der Waals surface area contributed by atoms with Crippen LogP contribution in [0, 0.1) is 0 Å². The normalized spacial score (nSPS) is 15.9. The average Bonchev–Trinajstić information content (AvgIpc) is 2.98. The second-order valence-electron chi connectivity index (χ2n) is 9.64. The molecule has 7 nitrogen and oxygen atoms in total. The Labute approximate surface area is 247 Å². The zero-order valence-electron chi connectivity index (χ0n) is 22.7. The van der Waals surface area contributed by atoms with E-state index < -0.39 is 6.17 Å². The molecule has 0 radical (unpaired) electrons. The van der Waals surface area contributed by atoms with E-state index in [0.717, 1.165) is 38.3 Å². The number of halogens is 1. The van der Waals surface area contributed by atoms with Crippen LogP contribution in [0.4, 0.5) is 0 Å². The van der Waals surface area contributed by atoms with Crippen molar-refractivity contribution in [2.45, 2.75) is 51.8 Å². The summed E-state index contributed by atoms with van der Waals surface area (Å²) in [5.41, 5.74) is 2.37. The van der Waals surface area contributed by atoms with Crippen molar-refractivity contribution >= 4 is 44.5 Å². The van der Waals surface area contributed by atoms with Gasteiger partial charge in [0.25, 0.3) is 5.91 Å². The number of fused-ring (bicyclic) bond motifs is 2. The summed E-state index contributed by atoms with van der Waals surface area (Å²) in [7, 11) is 1.62. The van der Waals surface area contributed by atoms with Gasteiger partial charge in [0.1, 0.15) is 12.3 Å². The van der Waals surface area contributed by atoms with Crippen LogP contribution in [0.5, 0.6) is 11.5 Å². The molecule has 208 valence electrons. The van der Waals surface area contributed by atoms with Gasteiger partial charge in [-0.05, 0) is 46.1 Å². The number of nitrogens with zero attached hydrogens (tertiary/aromatic N) is 3. The van der Waals surface area contributed by atoms with E-state index in [1.807, 2.05) is 66.7 Å². The fourth-order valence-corrected chi connectivity index (χ4v) is 6.17. The Bertz CT molecular complexity index is 1510. The third-order valence-corrected chi connectivity index (χ3v) is 8.32. The zero-order valence-corrected chi connectivity index (χ0v) is 25.1. The number of hydrazone groups is 1. The fourth-order valence-electron chi connectivity index (χ4n) is 4.74. The Hall–Kier alpha value is -3.30. The first-order valence-corrected chi connectivity index (χ1v) is 15.4. The number of nitrogens with one attached hydrogen (secondary N) is 1. The molecule has 2 heterocycles. The molecule has 0 spiro atoms. The number of thioether (sulfide) groups is 1. The third-order valence-electron chi connectivity index (χ3n) is 6.78. The molecule has 1 amide bonds. The standard InChI is InChI=1S/C31H33BrN4O3S/c1-3-4-5-6-12-17-40-31-34-30(37)27-23-15-10-11-16-25(23)33-29(36(27)35-31)22-18-24(32)28(26(19-22)38-2)39-20-21-13-8-7-9-14-21/h7-11,13-16,18-19,29H,3-6,12,17,20H2,1-2H3,(H,34,35,37)/t29-/m0/s1. The Morgan fingerprint density at radius 2 is 1.80 bits per heavy atom. The van der Waals surface area contributed by atoms with E-state index in [4.69, 9.17) is 19.6 Å². The number of benzene rings is 3. The van der Waals surface area contributed by atoms with Crippen LogP contribution in [-0.2, 0) is 11.4 Å². The van der Waals surface area contributed by atoms with Crippen molar-refractivity contribution < 1.29 is 14.3 Å².